The Morgan fingerprint density at radius 1 is 1.17 bits per heavy atom. The summed E-state index contributed by atoms with van der Waals surface area (Å²) in [5.74, 6) is -0.337. The first-order chi connectivity index (χ1) is 11.3. The molecule has 0 aliphatic heterocycles. The van der Waals surface area contributed by atoms with Gasteiger partial charge in [0.05, 0.1) is 5.56 Å². The van der Waals surface area contributed by atoms with Gasteiger partial charge in [0.2, 0.25) is 5.91 Å². The van der Waals surface area contributed by atoms with Gasteiger partial charge >= 0.3 is 0 Å². The van der Waals surface area contributed by atoms with Crippen LogP contribution in [0.2, 0.25) is 0 Å². The number of amides is 2. The van der Waals surface area contributed by atoms with Crippen LogP contribution in [0.15, 0.2) is 30.3 Å². The normalized spacial score (nSPS) is 11.2. The lowest BCUT2D eigenvalue weighted by molar-refractivity contribution is -0.111. The molecule has 0 saturated carbocycles. The van der Waals surface area contributed by atoms with Crippen LogP contribution in [0, 0.1) is 13.8 Å². The molecule has 126 valence electrons. The number of rotatable bonds is 5. The van der Waals surface area contributed by atoms with Crippen LogP contribution in [0.5, 0.6) is 0 Å². The minimum absolute atomic E-state index is 0.285. The van der Waals surface area contributed by atoms with Crippen LogP contribution >= 0.6 is 11.3 Å². The largest absolute Gasteiger partial charge is 0.365 e. The average Bonchev–Trinajstić information content (AvgIpc) is 2.80. The van der Waals surface area contributed by atoms with Gasteiger partial charge in [-0.05, 0) is 42.5 Å². The topological polar surface area (TPSA) is 72.2 Å². The fourth-order valence-corrected chi connectivity index (χ4v) is 3.40. The van der Waals surface area contributed by atoms with E-state index in [4.69, 9.17) is 5.73 Å². The van der Waals surface area contributed by atoms with Crippen LogP contribution < -0.4 is 11.1 Å². The van der Waals surface area contributed by atoms with E-state index in [1.54, 1.807) is 6.08 Å². The lowest BCUT2D eigenvalue weighted by Crippen LogP contribution is -2.16. The summed E-state index contributed by atoms with van der Waals surface area (Å²) in [6.07, 6.45) is 3.20. The zero-order valence-electron chi connectivity index (χ0n) is 14.3. The number of anilines is 1. The second kappa shape index (κ2) is 7.45. The minimum Gasteiger partial charge on any atom is -0.365 e. The molecule has 0 aliphatic rings. The minimum atomic E-state index is -0.527. The van der Waals surface area contributed by atoms with Crippen molar-refractivity contribution in [2.45, 2.75) is 33.6 Å². The van der Waals surface area contributed by atoms with E-state index in [0.29, 0.717) is 16.5 Å². The molecule has 3 N–H and O–H groups in total. The zero-order valence-corrected chi connectivity index (χ0v) is 15.2. The van der Waals surface area contributed by atoms with Crippen molar-refractivity contribution in [2.24, 2.45) is 5.73 Å². The quantitative estimate of drug-likeness (QED) is 0.798. The van der Waals surface area contributed by atoms with Gasteiger partial charge in [0, 0.05) is 11.0 Å². The molecule has 0 saturated heterocycles. The van der Waals surface area contributed by atoms with Crippen molar-refractivity contribution in [3.63, 3.8) is 0 Å². The molecule has 4 nitrogen and oxygen atoms in total. The van der Waals surface area contributed by atoms with Gasteiger partial charge in [-0.3, -0.25) is 9.59 Å². The third kappa shape index (κ3) is 4.11. The van der Waals surface area contributed by atoms with Crippen molar-refractivity contribution in [3.05, 3.63) is 57.5 Å². The van der Waals surface area contributed by atoms with Crippen LogP contribution in [0.3, 0.4) is 0 Å². The highest BCUT2D eigenvalue weighted by Gasteiger charge is 2.18. The molecule has 5 heteroatoms. The Labute approximate surface area is 146 Å². The molecule has 0 aliphatic carbocycles. The number of thiophene rings is 1. The smallest absolute Gasteiger partial charge is 0.251 e. The first-order valence-corrected chi connectivity index (χ1v) is 8.60. The fourth-order valence-electron chi connectivity index (χ4n) is 2.33. The van der Waals surface area contributed by atoms with Gasteiger partial charge in [-0.15, -0.1) is 11.3 Å². The van der Waals surface area contributed by atoms with Crippen LogP contribution in [0.25, 0.3) is 6.08 Å². The summed E-state index contributed by atoms with van der Waals surface area (Å²) in [6, 6.07) is 8.07. The second-order valence-corrected chi connectivity index (χ2v) is 7.22. The van der Waals surface area contributed by atoms with E-state index < -0.39 is 5.91 Å². The summed E-state index contributed by atoms with van der Waals surface area (Å²) in [6.45, 7) is 8.00. The van der Waals surface area contributed by atoms with E-state index >= 15 is 0 Å². The maximum atomic E-state index is 12.1. The molecule has 24 heavy (non-hydrogen) atoms. The molecule has 0 unspecified atom stereocenters. The lowest BCUT2D eigenvalue weighted by Gasteiger charge is -2.05. The number of aryl methyl sites for hydroxylation is 1. The molecule has 0 atom stereocenters. The van der Waals surface area contributed by atoms with Crippen molar-refractivity contribution < 1.29 is 9.59 Å². The molecule has 0 spiro atoms. The Bertz CT molecular complexity index is 786. The lowest BCUT2D eigenvalue weighted by atomic mass is 10.0. The van der Waals surface area contributed by atoms with Crippen LogP contribution in [0.1, 0.15) is 51.7 Å². The highest BCUT2D eigenvalue weighted by atomic mass is 32.1. The summed E-state index contributed by atoms with van der Waals surface area (Å²) in [4.78, 5) is 24.6. The van der Waals surface area contributed by atoms with Gasteiger partial charge < -0.3 is 11.1 Å². The van der Waals surface area contributed by atoms with Crippen LogP contribution in [-0.4, -0.2) is 11.8 Å². The average molecular weight is 342 g/mol. The predicted octanol–water partition coefficient (Wildman–Crippen LogP) is 4.24. The summed E-state index contributed by atoms with van der Waals surface area (Å²) in [5.41, 5.74) is 8.82. The van der Waals surface area contributed by atoms with E-state index in [2.05, 4.69) is 31.3 Å². The summed E-state index contributed by atoms with van der Waals surface area (Å²) in [7, 11) is 0. The van der Waals surface area contributed by atoms with E-state index in [-0.39, 0.29) is 5.91 Å². The van der Waals surface area contributed by atoms with Gasteiger partial charge in [0.1, 0.15) is 5.00 Å². The molecule has 0 radical (unpaired) electrons. The fraction of sp³-hybridized carbons (Fsp3) is 0.263. The Morgan fingerprint density at radius 2 is 1.79 bits per heavy atom. The third-order valence-electron chi connectivity index (χ3n) is 3.90. The number of carbonyl (C=O) groups excluding carboxylic acids is 2. The maximum Gasteiger partial charge on any atom is 0.251 e. The molecule has 1 aromatic carbocycles. The molecule has 2 amide bonds. The Balaban J connectivity index is 2.11. The van der Waals surface area contributed by atoms with Gasteiger partial charge in [0.15, 0.2) is 0 Å². The molecule has 1 heterocycles. The van der Waals surface area contributed by atoms with Gasteiger partial charge in [0.25, 0.3) is 5.91 Å². The maximum absolute atomic E-state index is 12.1. The molecule has 1 aromatic heterocycles. The second-order valence-electron chi connectivity index (χ2n) is 6.00. The highest BCUT2D eigenvalue weighted by molar-refractivity contribution is 7.16. The SMILES string of the molecule is Cc1sc(NC(=O)/C=C/c2ccc(C(C)C)cc2)c(C(N)=O)c1C. The molecule has 2 rings (SSSR count). The first kappa shape index (κ1) is 17.9. The number of hydrogen-bond acceptors (Lipinski definition) is 3. The number of hydrogen-bond donors (Lipinski definition) is 2. The van der Waals surface area contributed by atoms with E-state index in [0.717, 1.165) is 16.0 Å². The van der Waals surface area contributed by atoms with Crippen LogP contribution in [-0.2, 0) is 4.79 Å². The van der Waals surface area contributed by atoms with Crippen molar-refractivity contribution in [1.29, 1.82) is 0 Å². The first-order valence-electron chi connectivity index (χ1n) is 7.78. The Morgan fingerprint density at radius 3 is 2.33 bits per heavy atom. The van der Waals surface area contributed by atoms with Crippen molar-refractivity contribution in [3.8, 4) is 0 Å². The van der Waals surface area contributed by atoms with Crippen molar-refractivity contribution >= 4 is 34.2 Å². The number of carbonyl (C=O) groups is 2. The van der Waals surface area contributed by atoms with Gasteiger partial charge in [-0.25, -0.2) is 0 Å². The van der Waals surface area contributed by atoms with E-state index in [1.165, 1.54) is 23.0 Å². The third-order valence-corrected chi connectivity index (χ3v) is 5.02. The Kier molecular flexibility index (Phi) is 5.57. The molecule has 0 fully saturated rings. The molecule has 0 bridgehead atoms. The number of primary amides is 1. The molecular formula is C19H22N2O2S. The van der Waals surface area contributed by atoms with Crippen molar-refractivity contribution in [1.82, 2.24) is 0 Å². The number of nitrogens with two attached hydrogens (primary N) is 1. The summed E-state index contributed by atoms with van der Waals surface area (Å²) in [5, 5.41) is 3.25. The van der Waals surface area contributed by atoms with Gasteiger partial charge in [-0.2, -0.15) is 0 Å². The van der Waals surface area contributed by atoms with Crippen molar-refractivity contribution in [2.75, 3.05) is 5.32 Å². The highest BCUT2D eigenvalue weighted by Crippen LogP contribution is 2.32. The Hall–Kier alpha value is -2.40. The van der Waals surface area contributed by atoms with Crippen LogP contribution in [0.4, 0.5) is 5.00 Å². The standard InChI is InChI=1S/C19H22N2O2S/c1-11(2)15-8-5-14(6-9-15)7-10-16(22)21-19-17(18(20)23)12(3)13(4)24-19/h5-11H,1-4H3,(H2,20,23)(H,21,22)/b10-7+. The predicted molar refractivity (Wildman–Crippen MR) is 101 cm³/mol. The molecular weight excluding hydrogens is 320 g/mol. The molecule has 2 aromatic rings. The monoisotopic (exact) mass is 342 g/mol. The zero-order chi connectivity index (χ0) is 17.9. The summed E-state index contributed by atoms with van der Waals surface area (Å²) < 4.78 is 0. The summed E-state index contributed by atoms with van der Waals surface area (Å²) >= 11 is 1.36. The number of benzene rings is 1. The number of nitrogens with one attached hydrogen (secondary N) is 1. The van der Waals surface area contributed by atoms with Gasteiger partial charge in [-0.1, -0.05) is 38.1 Å². The van der Waals surface area contributed by atoms with E-state index in [1.807, 2.05) is 26.0 Å². The van der Waals surface area contributed by atoms with E-state index in [9.17, 15) is 9.59 Å².